The lowest BCUT2D eigenvalue weighted by molar-refractivity contribution is 0.222. The maximum atomic E-state index is 13.2. The molecule has 1 aromatic carbocycles. The van der Waals surface area contributed by atoms with Crippen LogP contribution in [0.25, 0.3) is 11.4 Å². The molecule has 2 aromatic heterocycles. The molecular weight excluding hydrogens is 448 g/mol. The van der Waals surface area contributed by atoms with E-state index >= 15 is 0 Å². The van der Waals surface area contributed by atoms with Crippen LogP contribution in [0.5, 0.6) is 0 Å². The van der Waals surface area contributed by atoms with Gasteiger partial charge in [-0.15, -0.1) is 0 Å². The highest BCUT2D eigenvalue weighted by molar-refractivity contribution is 7.89. The van der Waals surface area contributed by atoms with Crippen molar-refractivity contribution in [2.45, 2.75) is 11.8 Å². The largest absolute Gasteiger partial charge is 0.375 e. The van der Waals surface area contributed by atoms with Crippen molar-refractivity contribution < 1.29 is 8.42 Å². The maximum absolute atomic E-state index is 13.2. The van der Waals surface area contributed by atoms with Gasteiger partial charge in [0.2, 0.25) is 16.0 Å². The molecule has 32 heavy (non-hydrogen) atoms. The van der Waals surface area contributed by atoms with Crippen molar-refractivity contribution >= 4 is 38.1 Å². The third-order valence-electron chi connectivity index (χ3n) is 5.05. The van der Waals surface area contributed by atoms with E-state index in [1.165, 1.54) is 4.31 Å². The first-order valence-electron chi connectivity index (χ1n) is 9.83. The average Bonchev–Trinajstić information content (AvgIpc) is 3.15. The molecule has 12 heteroatoms. The van der Waals surface area contributed by atoms with E-state index in [2.05, 4.69) is 31.2 Å². The number of aromatic nitrogens is 3. The highest BCUT2D eigenvalue weighted by atomic mass is 32.2. The van der Waals surface area contributed by atoms with E-state index in [4.69, 9.17) is 5.73 Å². The number of rotatable bonds is 5. The molecule has 4 rings (SSSR count). The molecule has 1 aliphatic rings. The van der Waals surface area contributed by atoms with Gasteiger partial charge in [-0.3, -0.25) is 0 Å². The molecule has 0 bridgehead atoms. The maximum Gasteiger partial charge on any atom is 0.243 e. The number of aryl methyl sites for hydroxylation is 1. The van der Waals surface area contributed by atoms with Gasteiger partial charge in [0.25, 0.3) is 0 Å². The summed E-state index contributed by atoms with van der Waals surface area (Å²) in [5, 5.41) is 12.6. The van der Waals surface area contributed by atoms with Crippen LogP contribution in [-0.4, -0.2) is 65.8 Å². The highest BCUT2D eigenvalue weighted by Crippen LogP contribution is 2.29. The van der Waals surface area contributed by atoms with Crippen molar-refractivity contribution in [3.8, 4) is 17.5 Å². The number of anilines is 3. The van der Waals surface area contributed by atoms with Gasteiger partial charge in [0.1, 0.15) is 16.6 Å². The van der Waals surface area contributed by atoms with Crippen molar-refractivity contribution in [1.82, 2.24) is 24.2 Å². The molecular formula is C20H22N8O2S2. The number of likely N-dealkylation sites (N-methyl/N-ethyl adjacent to an activating group) is 1. The predicted molar refractivity (Wildman–Crippen MR) is 123 cm³/mol. The minimum Gasteiger partial charge on any atom is -0.375 e. The van der Waals surface area contributed by atoms with Crippen LogP contribution in [-0.2, 0) is 10.0 Å². The second kappa shape index (κ2) is 8.79. The first-order chi connectivity index (χ1) is 15.3. The Balaban J connectivity index is 1.62. The van der Waals surface area contributed by atoms with Crippen molar-refractivity contribution in [2.24, 2.45) is 0 Å². The fourth-order valence-corrected chi connectivity index (χ4v) is 5.60. The summed E-state index contributed by atoms with van der Waals surface area (Å²) < 4.78 is 27.8. The molecule has 0 unspecified atom stereocenters. The predicted octanol–water partition coefficient (Wildman–Crippen LogP) is 2.04. The minimum absolute atomic E-state index is 0.222. The van der Waals surface area contributed by atoms with Crippen LogP contribution in [0.15, 0.2) is 35.4 Å². The number of nitrogen functional groups attached to an aromatic ring is 1. The van der Waals surface area contributed by atoms with Crippen LogP contribution < -0.4 is 11.1 Å². The van der Waals surface area contributed by atoms with E-state index in [9.17, 15) is 13.7 Å². The van der Waals surface area contributed by atoms with E-state index in [-0.39, 0.29) is 16.0 Å². The summed E-state index contributed by atoms with van der Waals surface area (Å²) in [6, 6.07) is 8.77. The van der Waals surface area contributed by atoms with Crippen LogP contribution >= 0.6 is 11.3 Å². The van der Waals surface area contributed by atoms with Crippen LogP contribution in [0.1, 0.15) is 10.4 Å². The third-order valence-corrected chi connectivity index (χ3v) is 7.72. The summed E-state index contributed by atoms with van der Waals surface area (Å²) in [7, 11) is -1.63. The fraction of sp³-hybridized carbons (Fsp3) is 0.300. The normalized spacial score (nSPS) is 15.4. The number of thiazole rings is 1. The lowest BCUT2D eigenvalue weighted by atomic mass is 10.2. The average molecular weight is 471 g/mol. The molecule has 0 amide bonds. The number of hydrogen-bond donors (Lipinski definition) is 2. The number of piperazine rings is 1. The molecule has 0 saturated carbocycles. The summed E-state index contributed by atoms with van der Waals surface area (Å²) in [5.74, 6) is 0.256. The zero-order chi connectivity index (χ0) is 22.9. The van der Waals surface area contributed by atoms with E-state index in [0.29, 0.717) is 48.1 Å². The van der Waals surface area contributed by atoms with Crippen LogP contribution in [0.4, 0.5) is 16.8 Å². The van der Waals surface area contributed by atoms with Gasteiger partial charge < -0.3 is 16.0 Å². The van der Waals surface area contributed by atoms with Gasteiger partial charge in [-0.05, 0) is 43.8 Å². The Kier molecular flexibility index (Phi) is 6.07. The second-order valence-electron chi connectivity index (χ2n) is 7.47. The number of benzene rings is 1. The molecule has 3 heterocycles. The van der Waals surface area contributed by atoms with E-state index in [0.717, 1.165) is 16.9 Å². The minimum atomic E-state index is -3.61. The number of nitrogens with one attached hydrogen (secondary N) is 1. The molecule has 0 radical (unpaired) electrons. The summed E-state index contributed by atoms with van der Waals surface area (Å²) in [5.41, 5.74) is 7.91. The molecule has 3 aromatic rings. The molecule has 0 spiro atoms. The number of sulfonamides is 1. The molecule has 3 N–H and O–H groups in total. The smallest absolute Gasteiger partial charge is 0.243 e. The first kappa shape index (κ1) is 22.1. The summed E-state index contributed by atoms with van der Waals surface area (Å²) in [6.07, 6.45) is 1.54. The molecule has 0 aliphatic carbocycles. The zero-order valence-corrected chi connectivity index (χ0v) is 19.2. The lowest BCUT2D eigenvalue weighted by Gasteiger charge is -2.31. The first-order valence-corrected chi connectivity index (χ1v) is 12.1. The third kappa shape index (κ3) is 4.56. The van der Waals surface area contributed by atoms with Crippen molar-refractivity contribution in [1.29, 1.82) is 5.26 Å². The molecule has 0 atom stereocenters. The van der Waals surface area contributed by atoms with E-state index in [1.54, 1.807) is 24.4 Å². The molecule has 1 aliphatic heterocycles. The summed E-state index contributed by atoms with van der Waals surface area (Å²) in [4.78, 5) is 15.5. The Morgan fingerprint density at radius 3 is 2.66 bits per heavy atom. The Morgan fingerprint density at radius 2 is 1.94 bits per heavy atom. The Bertz CT molecular complexity index is 1290. The van der Waals surface area contributed by atoms with Crippen LogP contribution in [0.3, 0.4) is 0 Å². The topological polar surface area (TPSA) is 141 Å². The highest BCUT2D eigenvalue weighted by Gasteiger charge is 2.28. The van der Waals surface area contributed by atoms with Crippen LogP contribution in [0.2, 0.25) is 0 Å². The quantitative estimate of drug-likeness (QED) is 0.573. The van der Waals surface area contributed by atoms with Crippen molar-refractivity contribution in [2.75, 3.05) is 44.3 Å². The fourth-order valence-electron chi connectivity index (χ4n) is 3.41. The zero-order valence-electron chi connectivity index (χ0n) is 17.6. The number of nitriles is 1. The Morgan fingerprint density at radius 1 is 1.19 bits per heavy atom. The number of nitrogens with two attached hydrogens (primary N) is 1. The number of hydrogen-bond acceptors (Lipinski definition) is 10. The second-order valence-corrected chi connectivity index (χ2v) is 10.4. The van der Waals surface area contributed by atoms with Gasteiger partial charge in [0.15, 0.2) is 5.13 Å². The van der Waals surface area contributed by atoms with E-state index < -0.39 is 10.0 Å². The number of nitrogens with zero attached hydrogens (tertiary/aromatic N) is 6. The van der Waals surface area contributed by atoms with Gasteiger partial charge in [-0.1, -0.05) is 11.3 Å². The van der Waals surface area contributed by atoms with Crippen LogP contribution in [0, 0.1) is 18.3 Å². The monoisotopic (exact) mass is 470 g/mol. The van der Waals surface area contributed by atoms with Gasteiger partial charge in [0, 0.05) is 38.1 Å². The SMILES string of the molecule is Cc1cc(Nc2nccc(-c3nc(N)sc3C#N)n2)cc(S(=O)(=O)N2CCN(C)CC2)c1. The standard InChI is InChI=1S/C20H22N8O2S2/c1-13-9-14(11-15(10-13)32(29,30)28-7-5-27(2)6-8-28)24-20-23-4-3-16(25-20)18-17(12-21)31-19(22)26-18/h3-4,9-11H,5-8H2,1-2H3,(H2,22,26)(H,23,24,25). The Hall–Kier alpha value is -3.11. The molecule has 10 nitrogen and oxygen atoms in total. The van der Waals surface area contributed by atoms with Gasteiger partial charge in [-0.2, -0.15) is 9.57 Å². The van der Waals surface area contributed by atoms with Gasteiger partial charge in [0.05, 0.1) is 10.6 Å². The van der Waals surface area contributed by atoms with Gasteiger partial charge >= 0.3 is 0 Å². The van der Waals surface area contributed by atoms with E-state index in [1.807, 2.05) is 20.0 Å². The molecule has 166 valence electrons. The molecule has 1 saturated heterocycles. The lowest BCUT2D eigenvalue weighted by Crippen LogP contribution is -2.47. The Labute approximate surface area is 190 Å². The van der Waals surface area contributed by atoms with Gasteiger partial charge in [-0.25, -0.2) is 23.4 Å². The summed E-state index contributed by atoms with van der Waals surface area (Å²) >= 11 is 1.09. The summed E-state index contributed by atoms with van der Waals surface area (Å²) in [6.45, 7) is 4.14. The molecule has 1 fully saturated rings. The van der Waals surface area contributed by atoms with Crippen molar-refractivity contribution in [3.05, 3.63) is 40.9 Å². The van der Waals surface area contributed by atoms with Crippen molar-refractivity contribution in [3.63, 3.8) is 0 Å².